The lowest BCUT2D eigenvalue weighted by atomic mass is 10.2. The summed E-state index contributed by atoms with van der Waals surface area (Å²) in [7, 11) is 0. The van der Waals surface area contributed by atoms with Crippen molar-refractivity contribution in [2.75, 3.05) is 0 Å². The standard InChI is InChI=1S/C26H18ClN5O/c1-16-6-12-19(13-7-16)32-24-22(23-25(32)30-21-5-3-2-4-20(21)29-23)26(33)31(15-28-24)14-17-8-10-18(27)11-9-17/h2-13,15H,14H2,1H3. The Morgan fingerprint density at radius 3 is 2.27 bits per heavy atom. The molecule has 3 aromatic heterocycles. The third kappa shape index (κ3) is 3.27. The molecular formula is C26H18ClN5O. The Bertz CT molecular complexity index is 1720. The highest BCUT2D eigenvalue weighted by molar-refractivity contribution is 6.30. The molecule has 0 N–H and O–H groups in total. The third-order valence-electron chi connectivity index (χ3n) is 5.79. The van der Waals surface area contributed by atoms with E-state index in [4.69, 9.17) is 26.6 Å². The second kappa shape index (κ2) is 7.53. The number of aryl methyl sites for hydroxylation is 1. The van der Waals surface area contributed by atoms with Crippen molar-refractivity contribution in [1.82, 2.24) is 24.1 Å². The van der Waals surface area contributed by atoms with E-state index in [0.717, 1.165) is 27.8 Å². The monoisotopic (exact) mass is 451 g/mol. The predicted octanol–water partition coefficient (Wildman–Crippen LogP) is 5.29. The lowest BCUT2D eigenvalue weighted by Gasteiger charge is -2.08. The number of hydrogen-bond acceptors (Lipinski definition) is 4. The van der Waals surface area contributed by atoms with E-state index in [2.05, 4.69) is 0 Å². The summed E-state index contributed by atoms with van der Waals surface area (Å²) in [5, 5.41) is 1.11. The van der Waals surface area contributed by atoms with Gasteiger partial charge in [-0.3, -0.25) is 13.9 Å². The van der Waals surface area contributed by atoms with E-state index in [-0.39, 0.29) is 5.56 Å². The Kier molecular flexibility index (Phi) is 4.48. The summed E-state index contributed by atoms with van der Waals surface area (Å²) in [5.41, 5.74) is 6.04. The topological polar surface area (TPSA) is 65.6 Å². The maximum absolute atomic E-state index is 13.7. The maximum atomic E-state index is 13.7. The zero-order chi connectivity index (χ0) is 22.5. The molecule has 0 aliphatic heterocycles. The Morgan fingerprint density at radius 1 is 0.848 bits per heavy atom. The molecule has 0 saturated carbocycles. The van der Waals surface area contributed by atoms with Crippen LogP contribution in [0.15, 0.2) is 83.9 Å². The highest BCUT2D eigenvalue weighted by atomic mass is 35.5. The van der Waals surface area contributed by atoms with E-state index >= 15 is 0 Å². The second-order valence-electron chi connectivity index (χ2n) is 8.06. The van der Waals surface area contributed by atoms with Gasteiger partial charge in [-0.05, 0) is 48.9 Å². The summed E-state index contributed by atoms with van der Waals surface area (Å²) in [6.45, 7) is 2.42. The molecular weight excluding hydrogens is 434 g/mol. The van der Waals surface area contributed by atoms with Gasteiger partial charge >= 0.3 is 0 Å². The van der Waals surface area contributed by atoms with E-state index in [1.165, 1.54) is 0 Å². The number of aromatic nitrogens is 5. The van der Waals surface area contributed by atoms with Crippen LogP contribution in [0.3, 0.4) is 0 Å². The average Bonchev–Trinajstić information content (AvgIpc) is 3.15. The van der Waals surface area contributed by atoms with Crippen LogP contribution in [0.4, 0.5) is 0 Å². The second-order valence-corrected chi connectivity index (χ2v) is 8.49. The van der Waals surface area contributed by atoms with Crippen molar-refractivity contribution < 1.29 is 0 Å². The minimum absolute atomic E-state index is 0.157. The Hall–Kier alpha value is -4.03. The van der Waals surface area contributed by atoms with Gasteiger partial charge in [0.15, 0.2) is 11.3 Å². The number of benzene rings is 3. The van der Waals surface area contributed by atoms with E-state index in [1.807, 2.05) is 84.3 Å². The normalized spacial score (nSPS) is 11.6. The average molecular weight is 452 g/mol. The molecule has 6 rings (SSSR count). The zero-order valence-electron chi connectivity index (χ0n) is 17.7. The SMILES string of the molecule is Cc1ccc(-n2c3nc4ccccc4nc3c3c(=O)n(Cc4ccc(Cl)cc4)cnc32)cc1. The number of fused-ring (bicyclic) bond motifs is 4. The van der Waals surface area contributed by atoms with Crippen molar-refractivity contribution >= 4 is 44.8 Å². The fraction of sp³-hybridized carbons (Fsp3) is 0.0769. The summed E-state index contributed by atoms with van der Waals surface area (Å²) in [6, 6.07) is 23.2. The number of nitrogens with zero attached hydrogens (tertiary/aromatic N) is 5. The van der Waals surface area contributed by atoms with Gasteiger partial charge < -0.3 is 0 Å². The molecule has 160 valence electrons. The third-order valence-corrected chi connectivity index (χ3v) is 6.04. The molecule has 0 aliphatic rings. The van der Waals surface area contributed by atoms with Crippen LogP contribution in [0, 0.1) is 6.92 Å². The van der Waals surface area contributed by atoms with E-state index in [0.29, 0.717) is 33.8 Å². The van der Waals surface area contributed by atoms with Gasteiger partial charge in [0.05, 0.1) is 17.6 Å². The summed E-state index contributed by atoms with van der Waals surface area (Å²) >= 11 is 6.01. The Labute approximate surface area is 193 Å². The van der Waals surface area contributed by atoms with Crippen LogP contribution in [0.5, 0.6) is 0 Å². The molecule has 0 unspecified atom stereocenters. The van der Waals surface area contributed by atoms with Gasteiger partial charge in [-0.2, -0.15) is 0 Å². The molecule has 6 nitrogen and oxygen atoms in total. The first-order chi connectivity index (χ1) is 16.1. The quantitative estimate of drug-likeness (QED) is 0.366. The first-order valence-corrected chi connectivity index (χ1v) is 10.9. The summed E-state index contributed by atoms with van der Waals surface area (Å²) in [6.07, 6.45) is 1.59. The lowest BCUT2D eigenvalue weighted by Crippen LogP contribution is -2.21. The molecule has 0 atom stereocenters. The Morgan fingerprint density at radius 2 is 1.55 bits per heavy atom. The predicted molar refractivity (Wildman–Crippen MR) is 131 cm³/mol. The van der Waals surface area contributed by atoms with Crippen molar-refractivity contribution in [1.29, 1.82) is 0 Å². The summed E-state index contributed by atoms with van der Waals surface area (Å²) in [5.74, 6) is 0. The minimum atomic E-state index is -0.157. The molecule has 0 bridgehead atoms. The molecule has 3 heterocycles. The highest BCUT2D eigenvalue weighted by Gasteiger charge is 2.20. The fourth-order valence-corrected chi connectivity index (χ4v) is 4.24. The molecule has 0 radical (unpaired) electrons. The van der Waals surface area contributed by atoms with E-state index < -0.39 is 0 Å². The highest BCUT2D eigenvalue weighted by Crippen LogP contribution is 2.28. The molecule has 0 saturated heterocycles. The maximum Gasteiger partial charge on any atom is 0.265 e. The minimum Gasteiger partial charge on any atom is -0.294 e. The van der Waals surface area contributed by atoms with Crippen molar-refractivity contribution in [2.24, 2.45) is 0 Å². The largest absolute Gasteiger partial charge is 0.294 e. The van der Waals surface area contributed by atoms with Gasteiger partial charge in [0, 0.05) is 10.7 Å². The number of para-hydroxylation sites is 2. The van der Waals surface area contributed by atoms with E-state index in [1.54, 1.807) is 10.9 Å². The molecule has 0 amide bonds. The van der Waals surface area contributed by atoms with Crippen LogP contribution < -0.4 is 5.56 Å². The van der Waals surface area contributed by atoms with Crippen LogP contribution >= 0.6 is 11.6 Å². The number of hydrogen-bond donors (Lipinski definition) is 0. The summed E-state index contributed by atoms with van der Waals surface area (Å²) < 4.78 is 3.51. The number of rotatable bonds is 3. The van der Waals surface area contributed by atoms with Crippen molar-refractivity contribution in [2.45, 2.75) is 13.5 Å². The fourth-order valence-electron chi connectivity index (χ4n) is 4.11. The molecule has 0 aliphatic carbocycles. The molecule has 0 fully saturated rings. The Balaban J connectivity index is 1.67. The lowest BCUT2D eigenvalue weighted by molar-refractivity contribution is 0.747. The van der Waals surface area contributed by atoms with Crippen molar-refractivity contribution in [3.05, 3.63) is 106 Å². The van der Waals surface area contributed by atoms with E-state index in [9.17, 15) is 4.79 Å². The van der Waals surface area contributed by atoms with Gasteiger partial charge in [0.1, 0.15) is 17.2 Å². The van der Waals surface area contributed by atoms with Crippen LogP contribution in [-0.4, -0.2) is 24.1 Å². The molecule has 7 heteroatoms. The van der Waals surface area contributed by atoms with Crippen LogP contribution in [-0.2, 0) is 6.54 Å². The first kappa shape index (κ1) is 19.6. The molecule has 33 heavy (non-hydrogen) atoms. The van der Waals surface area contributed by atoms with Gasteiger partial charge in [0.2, 0.25) is 0 Å². The van der Waals surface area contributed by atoms with Crippen LogP contribution in [0.2, 0.25) is 5.02 Å². The van der Waals surface area contributed by atoms with Gasteiger partial charge in [-0.1, -0.05) is 53.6 Å². The molecule has 6 aromatic rings. The van der Waals surface area contributed by atoms with Crippen molar-refractivity contribution in [3.63, 3.8) is 0 Å². The first-order valence-electron chi connectivity index (χ1n) is 10.6. The number of halogens is 1. The van der Waals surface area contributed by atoms with Gasteiger partial charge in [-0.15, -0.1) is 0 Å². The molecule has 0 spiro atoms. The van der Waals surface area contributed by atoms with Crippen LogP contribution in [0.25, 0.3) is 38.9 Å². The summed E-state index contributed by atoms with van der Waals surface area (Å²) in [4.78, 5) is 28.1. The smallest absolute Gasteiger partial charge is 0.265 e. The zero-order valence-corrected chi connectivity index (χ0v) is 18.5. The van der Waals surface area contributed by atoms with Crippen molar-refractivity contribution in [3.8, 4) is 5.69 Å². The van der Waals surface area contributed by atoms with Gasteiger partial charge in [0.25, 0.3) is 5.56 Å². The van der Waals surface area contributed by atoms with Crippen LogP contribution in [0.1, 0.15) is 11.1 Å². The molecule has 3 aromatic carbocycles. The van der Waals surface area contributed by atoms with Gasteiger partial charge in [-0.25, -0.2) is 15.0 Å².